The zero-order valence-corrected chi connectivity index (χ0v) is 14.2. The summed E-state index contributed by atoms with van der Waals surface area (Å²) in [6.07, 6.45) is 0. The molecule has 1 amide bonds. The predicted octanol–water partition coefficient (Wildman–Crippen LogP) is 4.48. The second kappa shape index (κ2) is 7.59. The molecule has 1 heterocycles. The first-order chi connectivity index (χ1) is 13.2. The number of carbonyl (C=O) groups excluding carboxylic acids is 1. The Labute approximate surface area is 155 Å². The van der Waals surface area contributed by atoms with E-state index in [0.29, 0.717) is 12.1 Å². The fraction of sp³-hybridized carbons (Fsp3) is 0.0556. The van der Waals surface area contributed by atoms with Crippen LogP contribution in [0, 0.1) is 36.0 Å². The molecule has 28 heavy (non-hydrogen) atoms. The number of rotatable bonds is 4. The average Bonchev–Trinajstić information content (AvgIpc) is 2.64. The predicted molar refractivity (Wildman–Crippen MR) is 90.7 cm³/mol. The molecule has 3 rings (SSSR count). The van der Waals surface area contributed by atoms with E-state index in [4.69, 9.17) is 0 Å². The highest BCUT2D eigenvalue weighted by atomic mass is 19.2. The van der Waals surface area contributed by atoms with Crippen molar-refractivity contribution in [2.45, 2.75) is 6.92 Å². The number of anilines is 3. The molecular weight excluding hydrogens is 383 g/mol. The van der Waals surface area contributed by atoms with Crippen LogP contribution in [0.5, 0.6) is 0 Å². The SMILES string of the molecule is Cc1cc(C(=O)Nc2ccc(F)cc2F)nc(Nc2ccc(F)c(F)c2F)n1. The Morgan fingerprint density at radius 2 is 1.57 bits per heavy atom. The van der Waals surface area contributed by atoms with Crippen LogP contribution < -0.4 is 10.6 Å². The first-order valence-corrected chi connectivity index (χ1v) is 7.77. The van der Waals surface area contributed by atoms with Gasteiger partial charge in [0.1, 0.15) is 17.3 Å². The zero-order valence-electron chi connectivity index (χ0n) is 14.2. The summed E-state index contributed by atoms with van der Waals surface area (Å²) in [6.45, 7) is 1.50. The maximum absolute atomic E-state index is 13.8. The van der Waals surface area contributed by atoms with Crippen molar-refractivity contribution in [2.75, 3.05) is 10.6 Å². The molecule has 144 valence electrons. The van der Waals surface area contributed by atoms with Crippen molar-refractivity contribution in [1.82, 2.24) is 9.97 Å². The normalized spacial score (nSPS) is 10.6. The fourth-order valence-corrected chi connectivity index (χ4v) is 2.26. The van der Waals surface area contributed by atoms with Gasteiger partial charge in [-0.25, -0.2) is 31.9 Å². The smallest absolute Gasteiger partial charge is 0.274 e. The van der Waals surface area contributed by atoms with Gasteiger partial charge in [-0.15, -0.1) is 0 Å². The van der Waals surface area contributed by atoms with Crippen molar-refractivity contribution in [3.63, 3.8) is 0 Å². The van der Waals surface area contributed by atoms with Crippen molar-refractivity contribution in [3.8, 4) is 0 Å². The number of benzene rings is 2. The van der Waals surface area contributed by atoms with Crippen LogP contribution in [0.1, 0.15) is 16.2 Å². The standard InChI is InChI=1S/C18H11F5N4O/c1-8-6-14(17(28)25-12-4-2-9(19)7-11(12)21)27-18(24-8)26-13-5-3-10(20)15(22)16(13)23/h2-7H,1H3,(H,25,28)(H,24,26,27). The topological polar surface area (TPSA) is 66.9 Å². The molecule has 0 aliphatic rings. The summed E-state index contributed by atoms with van der Waals surface area (Å²) in [5, 5.41) is 4.57. The van der Waals surface area contributed by atoms with Crippen LogP contribution in [0.2, 0.25) is 0 Å². The molecule has 0 bridgehead atoms. The van der Waals surface area contributed by atoms with Crippen LogP contribution in [0.4, 0.5) is 39.3 Å². The molecule has 0 aliphatic carbocycles. The van der Waals surface area contributed by atoms with Gasteiger partial charge in [0, 0.05) is 11.8 Å². The highest BCUT2D eigenvalue weighted by Crippen LogP contribution is 2.22. The van der Waals surface area contributed by atoms with Crippen LogP contribution in [-0.4, -0.2) is 15.9 Å². The average molecular weight is 394 g/mol. The van der Waals surface area contributed by atoms with Gasteiger partial charge in [-0.3, -0.25) is 4.79 Å². The van der Waals surface area contributed by atoms with Crippen molar-refractivity contribution < 1.29 is 26.7 Å². The van der Waals surface area contributed by atoms with E-state index < -0.39 is 40.7 Å². The minimum atomic E-state index is -1.68. The highest BCUT2D eigenvalue weighted by molar-refractivity contribution is 6.03. The second-order valence-electron chi connectivity index (χ2n) is 5.64. The van der Waals surface area contributed by atoms with E-state index in [9.17, 15) is 26.7 Å². The molecule has 0 fully saturated rings. The Morgan fingerprint density at radius 3 is 2.29 bits per heavy atom. The minimum Gasteiger partial charge on any atom is -0.322 e. The van der Waals surface area contributed by atoms with E-state index in [2.05, 4.69) is 20.6 Å². The van der Waals surface area contributed by atoms with Crippen LogP contribution in [0.25, 0.3) is 0 Å². The van der Waals surface area contributed by atoms with E-state index >= 15 is 0 Å². The summed E-state index contributed by atoms with van der Waals surface area (Å²) < 4.78 is 66.8. The largest absolute Gasteiger partial charge is 0.322 e. The Hall–Kier alpha value is -3.56. The molecule has 1 aromatic heterocycles. The summed E-state index contributed by atoms with van der Waals surface area (Å²) in [6, 6.07) is 5.51. The number of aryl methyl sites for hydroxylation is 1. The van der Waals surface area contributed by atoms with Gasteiger partial charge < -0.3 is 10.6 Å². The maximum Gasteiger partial charge on any atom is 0.274 e. The Bertz CT molecular complexity index is 1070. The molecule has 5 nitrogen and oxygen atoms in total. The van der Waals surface area contributed by atoms with Crippen molar-refractivity contribution >= 4 is 23.2 Å². The van der Waals surface area contributed by atoms with E-state index in [0.717, 1.165) is 18.2 Å². The molecule has 0 saturated carbocycles. The van der Waals surface area contributed by atoms with E-state index in [-0.39, 0.29) is 23.0 Å². The quantitative estimate of drug-likeness (QED) is 0.506. The van der Waals surface area contributed by atoms with Crippen LogP contribution in [0.15, 0.2) is 36.4 Å². The monoisotopic (exact) mass is 394 g/mol. The minimum absolute atomic E-state index is 0.221. The second-order valence-corrected chi connectivity index (χ2v) is 5.64. The summed E-state index contributed by atoms with van der Waals surface area (Å²) in [4.78, 5) is 20.1. The fourth-order valence-electron chi connectivity index (χ4n) is 2.26. The molecule has 3 aromatic rings. The van der Waals surface area contributed by atoms with Crippen LogP contribution in [0.3, 0.4) is 0 Å². The Balaban J connectivity index is 1.87. The molecule has 0 radical (unpaired) electrons. The summed E-state index contributed by atoms with van der Waals surface area (Å²) in [5.74, 6) is -7.43. The third-order valence-electron chi connectivity index (χ3n) is 3.55. The van der Waals surface area contributed by atoms with Gasteiger partial charge in [-0.2, -0.15) is 0 Å². The highest BCUT2D eigenvalue weighted by Gasteiger charge is 2.17. The summed E-state index contributed by atoms with van der Waals surface area (Å²) in [7, 11) is 0. The molecule has 2 N–H and O–H groups in total. The number of nitrogens with one attached hydrogen (secondary N) is 2. The molecule has 0 unspecified atom stereocenters. The first-order valence-electron chi connectivity index (χ1n) is 7.77. The van der Waals surface area contributed by atoms with Gasteiger partial charge in [0.25, 0.3) is 5.91 Å². The van der Waals surface area contributed by atoms with Gasteiger partial charge in [0.05, 0.1) is 11.4 Å². The lowest BCUT2D eigenvalue weighted by Gasteiger charge is -2.10. The lowest BCUT2D eigenvalue weighted by atomic mass is 10.2. The van der Waals surface area contributed by atoms with E-state index in [1.807, 2.05) is 0 Å². The number of carbonyl (C=O) groups is 1. The summed E-state index contributed by atoms with van der Waals surface area (Å²) >= 11 is 0. The van der Waals surface area contributed by atoms with Gasteiger partial charge in [-0.05, 0) is 37.3 Å². The molecule has 0 aliphatic heterocycles. The van der Waals surface area contributed by atoms with Crippen molar-refractivity contribution in [3.05, 3.63) is 76.9 Å². The third kappa shape index (κ3) is 4.05. The number of hydrogen-bond donors (Lipinski definition) is 2. The molecule has 0 spiro atoms. The molecule has 10 heteroatoms. The van der Waals surface area contributed by atoms with Crippen molar-refractivity contribution in [1.29, 1.82) is 0 Å². The lowest BCUT2D eigenvalue weighted by Crippen LogP contribution is -2.16. The molecule has 0 saturated heterocycles. The maximum atomic E-state index is 13.8. The van der Waals surface area contributed by atoms with Crippen LogP contribution >= 0.6 is 0 Å². The number of aromatic nitrogens is 2. The van der Waals surface area contributed by atoms with E-state index in [1.165, 1.54) is 13.0 Å². The van der Waals surface area contributed by atoms with Crippen LogP contribution in [-0.2, 0) is 0 Å². The number of nitrogens with zero attached hydrogens (tertiary/aromatic N) is 2. The van der Waals surface area contributed by atoms with Gasteiger partial charge in [0.2, 0.25) is 5.95 Å². The molecule has 2 aromatic carbocycles. The zero-order chi connectivity index (χ0) is 20.4. The molecule has 0 atom stereocenters. The Morgan fingerprint density at radius 1 is 0.857 bits per heavy atom. The first kappa shape index (κ1) is 19.2. The lowest BCUT2D eigenvalue weighted by molar-refractivity contribution is 0.102. The third-order valence-corrected chi connectivity index (χ3v) is 3.55. The van der Waals surface area contributed by atoms with E-state index in [1.54, 1.807) is 0 Å². The number of hydrogen-bond acceptors (Lipinski definition) is 4. The van der Waals surface area contributed by atoms with Gasteiger partial charge in [0.15, 0.2) is 17.5 Å². The van der Waals surface area contributed by atoms with Crippen molar-refractivity contribution in [2.24, 2.45) is 0 Å². The number of amides is 1. The molecular formula is C18H11F5N4O. The van der Waals surface area contributed by atoms with Gasteiger partial charge in [-0.1, -0.05) is 0 Å². The number of halogens is 5. The Kier molecular flexibility index (Phi) is 5.21. The van der Waals surface area contributed by atoms with Gasteiger partial charge >= 0.3 is 0 Å². The summed E-state index contributed by atoms with van der Waals surface area (Å²) in [5.41, 5.74) is -0.656.